The van der Waals surface area contributed by atoms with Crippen molar-refractivity contribution in [3.8, 4) is 0 Å². The fourth-order valence-corrected chi connectivity index (χ4v) is 2.07. The zero-order valence-electron chi connectivity index (χ0n) is 9.44. The lowest BCUT2D eigenvalue weighted by atomic mass is 10.0. The quantitative estimate of drug-likeness (QED) is 0.450. The highest BCUT2D eigenvalue weighted by atomic mass is 35.5. The van der Waals surface area contributed by atoms with Crippen molar-refractivity contribution < 1.29 is 4.79 Å². The van der Waals surface area contributed by atoms with Gasteiger partial charge in [0.05, 0.1) is 0 Å². The van der Waals surface area contributed by atoms with Gasteiger partial charge in [0, 0.05) is 15.6 Å². The molecule has 0 atom stereocenters. The summed E-state index contributed by atoms with van der Waals surface area (Å²) >= 11 is 11.9. The lowest BCUT2D eigenvalue weighted by Gasteiger charge is -2.03. The minimum absolute atomic E-state index is 0.526. The van der Waals surface area contributed by atoms with Crippen LogP contribution in [0.4, 0.5) is 0 Å². The zero-order chi connectivity index (χ0) is 13.0. The van der Waals surface area contributed by atoms with Crippen LogP contribution < -0.4 is 0 Å². The molecule has 0 saturated carbocycles. The van der Waals surface area contributed by atoms with Gasteiger partial charge in [-0.2, -0.15) is 0 Å². The predicted octanol–water partition coefficient (Wildman–Crippen LogP) is 4.73. The Bertz CT molecular complexity index is 589. The molecule has 0 aromatic heterocycles. The summed E-state index contributed by atoms with van der Waals surface area (Å²) in [7, 11) is 0. The minimum Gasteiger partial charge on any atom is -0.298 e. The van der Waals surface area contributed by atoms with Crippen LogP contribution in [0.15, 0.2) is 48.5 Å². The normalized spacial score (nSPS) is 11.3. The van der Waals surface area contributed by atoms with Crippen molar-refractivity contribution in [1.82, 2.24) is 0 Å². The third-order valence-corrected chi connectivity index (χ3v) is 3.07. The second-order valence-corrected chi connectivity index (χ2v) is 4.59. The van der Waals surface area contributed by atoms with Crippen LogP contribution >= 0.6 is 23.2 Å². The average Bonchev–Trinajstić information content (AvgIpc) is 2.39. The Morgan fingerprint density at radius 3 is 2.33 bits per heavy atom. The maximum absolute atomic E-state index is 11.2. The molecule has 0 spiro atoms. The number of benzene rings is 2. The molecule has 2 rings (SSSR count). The summed E-state index contributed by atoms with van der Waals surface area (Å²) < 4.78 is 0. The van der Waals surface area contributed by atoms with Crippen molar-refractivity contribution in [2.45, 2.75) is 0 Å². The van der Waals surface area contributed by atoms with E-state index in [1.165, 1.54) is 0 Å². The van der Waals surface area contributed by atoms with Crippen LogP contribution in [0.2, 0.25) is 10.0 Å². The molecular weight excluding hydrogens is 267 g/mol. The first-order chi connectivity index (χ1) is 8.70. The van der Waals surface area contributed by atoms with Gasteiger partial charge in [0.25, 0.3) is 0 Å². The second-order valence-electron chi connectivity index (χ2n) is 3.75. The third-order valence-electron chi connectivity index (χ3n) is 2.51. The SMILES string of the molecule is O=CC(=Cc1ccc(Cl)cc1Cl)c1ccccc1. The lowest BCUT2D eigenvalue weighted by molar-refractivity contribution is -0.103. The molecule has 2 aromatic rings. The number of aldehydes is 1. The van der Waals surface area contributed by atoms with Crippen molar-refractivity contribution >= 4 is 41.1 Å². The minimum atomic E-state index is 0.526. The molecule has 0 amide bonds. The van der Waals surface area contributed by atoms with E-state index >= 15 is 0 Å². The number of carbonyl (C=O) groups excluding carboxylic acids is 1. The van der Waals surface area contributed by atoms with E-state index in [9.17, 15) is 4.79 Å². The second kappa shape index (κ2) is 5.85. The molecule has 0 aliphatic carbocycles. The molecule has 0 heterocycles. The van der Waals surface area contributed by atoms with Gasteiger partial charge in [0.15, 0.2) is 6.29 Å². The molecule has 1 nitrogen and oxygen atoms in total. The topological polar surface area (TPSA) is 17.1 Å². The Kier molecular flexibility index (Phi) is 4.19. The van der Waals surface area contributed by atoms with Gasteiger partial charge in [-0.1, -0.05) is 59.6 Å². The summed E-state index contributed by atoms with van der Waals surface area (Å²) in [4.78, 5) is 11.2. The van der Waals surface area contributed by atoms with Crippen LogP contribution in [-0.4, -0.2) is 6.29 Å². The van der Waals surface area contributed by atoms with Crippen molar-refractivity contribution in [2.75, 3.05) is 0 Å². The molecule has 0 N–H and O–H groups in total. The molecule has 2 aromatic carbocycles. The Morgan fingerprint density at radius 2 is 1.72 bits per heavy atom. The van der Waals surface area contributed by atoms with E-state index in [1.807, 2.05) is 30.3 Å². The first kappa shape index (κ1) is 12.9. The van der Waals surface area contributed by atoms with Crippen molar-refractivity contribution in [3.63, 3.8) is 0 Å². The first-order valence-electron chi connectivity index (χ1n) is 5.38. The van der Waals surface area contributed by atoms with Crippen LogP contribution in [0.5, 0.6) is 0 Å². The Balaban J connectivity index is 2.44. The van der Waals surface area contributed by atoms with E-state index in [1.54, 1.807) is 24.3 Å². The van der Waals surface area contributed by atoms with E-state index < -0.39 is 0 Å². The van der Waals surface area contributed by atoms with Gasteiger partial charge in [0.2, 0.25) is 0 Å². The molecule has 3 heteroatoms. The highest BCUT2D eigenvalue weighted by Gasteiger charge is 2.03. The monoisotopic (exact) mass is 276 g/mol. The summed E-state index contributed by atoms with van der Waals surface area (Å²) in [6, 6.07) is 14.6. The molecule has 0 aliphatic heterocycles. The highest BCUT2D eigenvalue weighted by Crippen LogP contribution is 2.25. The van der Waals surface area contributed by atoms with Gasteiger partial charge in [0.1, 0.15) is 0 Å². The predicted molar refractivity (Wildman–Crippen MR) is 76.8 cm³/mol. The van der Waals surface area contributed by atoms with Crippen molar-refractivity contribution in [3.05, 3.63) is 69.7 Å². The molecule has 0 fully saturated rings. The number of halogens is 2. The largest absolute Gasteiger partial charge is 0.298 e. The van der Waals surface area contributed by atoms with Gasteiger partial charge >= 0.3 is 0 Å². The summed E-state index contributed by atoms with van der Waals surface area (Å²) in [5.41, 5.74) is 2.21. The smallest absolute Gasteiger partial charge is 0.150 e. The average molecular weight is 277 g/mol. The first-order valence-corrected chi connectivity index (χ1v) is 6.13. The van der Waals surface area contributed by atoms with Gasteiger partial charge < -0.3 is 0 Å². The van der Waals surface area contributed by atoms with E-state index in [2.05, 4.69) is 0 Å². The van der Waals surface area contributed by atoms with E-state index in [4.69, 9.17) is 23.2 Å². The number of hydrogen-bond acceptors (Lipinski definition) is 1. The van der Waals surface area contributed by atoms with Gasteiger partial charge in [-0.05, 0) is 29.3 Å². The summed E-state index contributed by atoms with van der Waals surface area (Å²) in [6.07, 6.45) is 2.57. The molecule has 18 heavy (non-hydrogen) atoms. The summed E-state index contributed by atoms with van der Waals surface area (Å²) in [5.74, 6) is 0. The third kappa shape index (κ3) is 3.00. The number of rotatable bonds is 3. The summed E-state index contributed by atoms with van der Waals surface area (Å²) in [5, 5.41) is 1.10. The van der Waals surface area contributed by atoms with Crippen LogP contribution in [-0.2, 0) is 4.79 Å². The molecular formula is C15H10Cl2O. The fraction of sp³-hybridized carbons (Fsp3) is 0. The van der Waals surface area contributed by atoms with Crippen molar-refractivity contribution in [1.29, 1.82) is 0 Å². The Labute approximate surface area is 116 Å². The summed E-state index contributed by atoms with van der Waals surface area (Å²) in [6.45, 7) is 0. The maximum Gasteiger partial charge on any atom is 0.150 e. The van der Waals surface area contributed by atoms with Crippen LogP contribution in [0.25, 0.3) is 11.6 Å². The lowest BCUT2D eigenvalue weighted by Crippen LogP contribution is -1.86. The van der Waals surface area contributed by atoms with Gasteiger partial charge in [-0.25, -0.2) is 0 Å². The number of allylic oxidation sites excluding steroid dienone is 1. The molecule has 90 valence electrons. The van der Waals surface area contributed by atoms with Gasteiger partial charge in [-0.15, -0.1) is 0 Å². The molecule has 0 radical (unpaired) electrons. The highest BCUT2D eigenvalue weighted by molar-refractivity contribution is 6.35. The standard InChI is InChI=1S/C15H10Cl2O/c16-14-7-6-12(15(17)9-14)8-13(10-18)11-4-2-1-3-5-11/h1-10H. The van der Waals surface area contributed by atoms with Crippen LogP contribution in [0, 0.1) is 0 Å². The number of hydrogen-bond donors (Lipinski definition) is 0. The van der Waals surface area contributed by atoms with Crippen molar-refractivity contribution in [2.24, 2.45) is 0 Å². The van der Waals surface area contributed by atoms with Gasteiger partial charge in [-0.3, -0.25) is 4.79 Å². The fourth-order valence-electron chi connectivity index (χ4n) is 1.60. The molecule has 0 aliphatic rings. The molecule has 0 saturated heterocycles. The van der Waals surface area contributed by atoms with E-state index in [0.29, 0.717) is 15.6 Å². The Hall–Kier alpha value is -1.57. The number of carbonyl (C=O) groups is 1. The zero-order valence-corrected chi connectivity index (χ0v) is 10.9. The van der Waals surface area contributed by atoms with E-state index in [-0.39, 0.29) is 0 Å². The Morgan fingerprint density at radius 1 is 1.00 bits per heavy atom. The van der Waals surface area contributed by atoms with Crippen LogP contribution in [0.1, 0.15) is 11.1 Å². The van der Waals surface area contributed by atoms with Crippen LogP contribution in [0.3, 0.4) is 0 Å². The van der Waals surface area contributed by atoms with E-state index in [0.717, 1.165) is 17.4 Å². The molecule has 0 bridgehead atoms. The molecule has 0 unspecified atom stereocenters. The maximum atomic E-state index is 11.2.